The van der Waals surface area contributed by atoms with Crippen LogP contribution in [0.1, 0.15) is 23.7 Å². The van der Waals surface area contributed by atoms with E-state index in [4.69, 9.17) is 0 Å². The third kappa shape index (κ3) is 2.85. The van der Waals surface area contributed by atoms with E-state index in [9.17, 15) is 8.42 Å². The lowest BCUT2D eigenvalue weighted by atomic mass is 10.2. The van der Waals surface area contributed by atoms with Gasteiger partial charge in [0.15, 0.2) is 0 Å². The topological polar surface area (TPSA) is 64.0 Å². The van der Waals surface area contributed by atoms with Gasteiger partial charge in [0.2, 0.25) is 0 Å². The Kier molecular flexibility index (Phi) is 3.85. The first-order chi connectivity index (χ1) is 9.33. The van der Waals surface area contributed by atoms with Crippen molar-refractivity contribution in [2.75, 3.05) is 4.72 Å². The lowest BCUT2D eigenvalue weighted by Gasteiger charge is -2.10. The Morgan fingerprint density at radius 1 is 1.25 bits per heavy atom. The smallest absolute Gasteiger partial charge is 0.262 e. The molecule has 0 aliphatic rings. The summed E-state index contributed by atoms with van der Waals surface area (Å²) < 4.78 is 29.3. The second kappa shape index (κ2) is 5.28. The zero-order valence-electron chi connectivity index (χ0n) is 12.1. The lowest BCUT2D eigenvalue weighted by molar-refractivity contribution is 0.600. The normalized spacial score (nSPS) is 11.6. The summed E-state index contributed by atoms with van der Waals surface area (Å²) in [5.74, 6) is 0. The minimum absolute atomic E-state index is 0.307. The van der Waals surface area contributed by atoms with Crippen molar-refractivity contribution >= 4 is 15.7 Å². The van der Waals surface area contributed by atoms with Crippen LogP contribution >= 0.6 is 0 Å². The van der Waals surface area contributed by atoms with Crippen molar-refractivity contribution in [3.63, 3.8) is 0 Å². The molecule has 0 atom stereocenters. The van der Waals surface area contributed by atoms with Crippen LogP contribution in [0.5, 0.6) is 0 Å². The minimum Gasteiger partial charge on any atom is -0.276 e. The van der Waals surface area contributed by atoms with E-state index in [1.54, 1.807) is 30.8 Å². The summed E-state index contributed by atoms with van der Waals surface area (Å²) in [6.07, 6.45) is 1.71. The lowest BCUT2D eigenvalue weighted by Crippen LogP contribution is -2.14. The second-order valence-corrected chi connectivity index (χ2v) is 6.51. The number of anilines is 1. The van der Waals surface area contributed by atoms with Crippen molar-refractivity contribution in [1.29, 1.82) is 0 Å². The largest absolute Gasteiger partial charge is 0.276 e. The van der Waals surface area contributed by atoms with Gasteiger partial charge in [0.05, 0.1) is 16.3 Å². The molecule has 0 unspecified atom stereocenters. The number of aromatic nitrogens is 2. The minimum atomic E-state index is -3.59. The van der Waals surface area contributed by atoms with E-state index in [0.29, 0.717) is 22.8 Å². The van der Waals surface area contributed by atoms with Gasteiger partial charge in [-0.05, 0) is 44.9 Å². The van der Waals surface area contributed by atoms with E-state index >= 15 is 0 Å². The molecule has 6 heteroatoms. The van der Waals surface area contributed by atoms with E-state index in [0.717, 1.165) is 11.1 Å². The zero-order chi connectivity index (χ0) is 14.9. The maximum Gasteiger partial charge on any atom is 0.262 e. The molecule has 2 aromatic rings. The van der Waals surface area contributed by atoms with Crippen molar-refractivity contribution in [2.45, 2.75) is 39.1 Å². The SMILES string of the molecule is CCn1cc(NS(=O)(=O)c2cc(C)ccc2C)c(C)n1. The summed E-state index contributed by atoms with van der Waals surface area (Å²) in [7, 11) is -3.59. The third-order valence-electron chi connectivity index (χ3n) is 3.15. The van der Waals surface area contributed by atoms with E-state index in [1.807, 2.05) is 26.0 Å². The first kappa shape index (κ1) is 14.6. The van der Waals surface area contributed by atoms with Gasteiger partial charge >= 0.3 is 0 Å². The van der Waals surface area contributed by atoms with Crippen molar-refractivity contribution in [2.24, 2.45) is 0 Å². The molecular formula is C14H19N3O2S. The molecule has 1 aromatic carbocycles. The molecule has 0 amide bonds. The number of rotatable bonds is 4. The zero-order valence-corrected chi connectivity index (χ0v) is 13.0. The predicted molar refractivity (Wildman–Crippen MR) is 79.4 cm³/mol. The monoisotopic (exact) mass is 293 g/mol. The van der Waals surface area contributed by atoms with Crippen LogP contribution in [0.2, 0.25) is 0 Å². The van der Waals surface area contributed by atoms with Gasteiger partial charge in [-0.2, -0.15) is 5.10 Å². The highest BCUT2D eigenvalue weighted by Crippen LogP contribution is 2.22. The Morgan fingerprint density at radius 3 is 2.55 bits per heavy atom. The van der Waals surface area contributed by atoms with Crippen LogP contribution in [-0.4, -0.2) is 18.2 Å². The number of nitrogens with one attached hydrogen (secondary N) is 1. The molecule has 2 rings (SSSR count). The average molecular weight is 293 g/mol. The van der Waals surface area contributed by atoms with Gasteiger partial charge in [0.25, 0.3) is 10.0 Å². The molecule has 5 nitrogen and oxygen atoms in total. The Hall–Kier alpha value is -1.82. The molecule has 0 spiro atoms. The Balaban J connectivity index is 2.40. The molecule has 1 aromatic heterocycles. The highest BCUT2D eigenvalue weighted by atomic mass is 32.2. The number of hydrogen-bond acceptors (Lipinski definition) is 3. The summed E-state index contributed by atoms with van der Waals surface area (Å²) in [4.78, 5) is 0.307. The number of sulfonamides is 1. The fourth-order valence-corrected chi connectivity index (χ4v) is 3.41. The summed E-state index contributed by atoms with van der Waals surface area (Å²) in [5, 5.41) is 4.24. The van der Waals surface area contributed by atoms with Gasteiger partial charge in [-0.3, -0.25) is 9.40 Å². The molecule has 108 valence electrons. The van der Waals surface area contributed by atoms with E-state index in [1.165, 1.54) is 0 Å². The van der Waals surface area contributed by atoms with Crippen LogP contribution in [0.3, 0.4) is 0 Å². The molecule has 0 radical (unpaired) electrons. The van der Waals surface area contributed by atoms with Crippen LogP contribution in [0.15, 0.2) is 29.3 Å². The maximum atomic E-state index is 12.5. The standard InChI is InChI=1S/C14H19N3O2S/c1-5-17-9-13(12(4)15-17)16-20(18,19)14-8-10(2)6-7-11(14)3/h6-9,16H,5H2,1-4H3. The van der Waals surface area contributed by atoms with Crippen LogP contribution in [0.4, 0.5) is 5.69 Å². The number of benzene rings is 1. The highest BCUT2D eigenvalue weighted by Gasteiger charge is 2.19. The molecule has 0 bridgehead atoms. The molecule has 1 N–H and O–H groups in total. The van der Waals surface area contributed by atoms with Crippen molar-refractivity contribution in [3.8, 4) is 0 Å². The fourth-order valence-electron chi connectivity index (χ4n) is 1.98. The maximum absolute atomic E-state index is 12.5. The first-order valence-electron chi connectivity index (χ1n) is 6.47. The molecule has 1 heterocycles. The van der Waals surface area contributed by atoms with Gasteiger partial charge in [-0.15, -0.1) is 0 Å². The van der Waals surface area contributed by atoms with Crippen LogP contribution in [-0.2, 0) is 16.6 Å². The summed E-state index contributed by atoms with van der Waals surface area (Å²) in [6, 6.07) is 5.39. The fraction of sp³-hybridized carbons (Fsp3) is 0.357. The Labute approximate surface area is 119 Å². The molecule has 0 aliphatic heterocycles. The third-order valence-corrected chi connectivity index (χ3v) is 4.66. The van der Waals surface area contributed by atoms with E-state index in [2.05, 4.69) is 9.82 Å². The molecular weight excluding hydrogens is 274 g/mol. The number of nitrogens with zero attached hydrogens (tertiary/aromatic N) is 2. The number of aryl methyl sites for hydroxylation is 4. The van der Waals surface area contributed by atoms with Crippen LogP contribution in [0.25, 0.3) is 0 Å². The van der Waals surface area contributed by atoms with Gasteiger partial charge in [-0.25, -0.2) is 8.42 Å². The Morgan fingerprint density at radius 2 is 1.95 bits per heavy atom. The molecule has 0 fully saturated rings. The quantitative estimate of drug-likeness (QED) is 0.942. The Bertz CT molecular complexity index is 733. The van der Waals surface area contributed by atoms with Gasteiger partial charge in [0, 0.05) is 12.7 Å². The van der Waals surface area contributed by atoms with Crippen molar-refractivity contribution in [3.05, 3.63) is 41.2 Å². The van der Waals surface area contributed by atoms with Gasteiger partial charge < -0.3 is 0 Å². The van der Waals surface area contributed by atoms with Crippen molar-refractivity contribution in [1.82, 2.24) is 9.78 Å². The van der Waals surface area contributed by atoms with Gasteiger partial charge in [0.1, 0.15) is 0 Å². The average Bonchev–Trinajstić information content (AvgIpc) is 2.72. The second-order valence-electron chi connectivity index (χ2n) is 4.86. The van der Waals surface area contributed by atoms with E-state index in [-0.39, 0.29) is 0 Å². The summed E-state index contributed by atoms with van der Waals surface area (Å²) in [5.41, 5.74) is 2.83. The van der Waals surface area contributed by atoms with Crippen molar-refractivity contribution < 1.29 is 8.42 Å². The first-order valence-corrected chi connectivity index (χ1v) is 7.96. The number of hydrogen-bond donors (Lipinski definition) is 1. The summed E-state index contributed by atoms with van der Waals surface area (Å²) in [6.45, 7) is 8.10. The molecule has 0 saturated carbocycles. The predicted octanol–water partition coefficient (Wildman–Crippen LogP) is 2.63. The van der Waals surface area contributed by atoms with Crippen LogP contribution in [0, 0.1) is 20.8 Å². The summed E-state index contributed by atoms with van der Waals surface area (Å²) >= 11 is 0. The molecule has 0 aliphatic carbocycles. The molecule has 20 heavy (non-hydrogen) atoms. The highest BCUT2D eigenvalue weighted by molar-refractivity contribution is 7.92. The van der Waals surface area contributed by atoms with Crippen LogP contribution < -0.4 is 4.72 Å². The van der Waals surface area contributed by atoms with Gasteiger partial charge in [-0.1, -0.05) is 12.1 Å². The van der Waals surface area contributed by atoms with E-state index < -0.39 is 10.0 Å². The molecule has 0 saturated heterocycles.